The molecule has 0 aromatic heterocycles. The van der Waals surface area contributed by atoms with Crippen LogP contribution in [0, 0.1) is 5.92 Å². The Balaban J connectivity index is 0. The minimum absolute atomic E-state index is 0.239. The third-order valence-corrected chi connectivity index (χ3v) is 4.46. The molecular formula is C22H38O4-2. The predicted octanol–water partition coefficient (Wildman–Crippen LogP) is 3.94. The van der Waals surface area contributed by atoms with Crippen LogP contribution in [0.1, 0.15) is 98.3 Å². The predicted molar refractivity (Wildman–Crippen MR) is 104 cm³/mol. The van der Waals surface area contributed by atoms with Gasteiger partial charge in [-0.2, -0.15) is 0 Å². The Bertz CT molecular complexity index is 424. The molecule has 0 saturated carbocycles. The largest absolute Gasteiger partial charge is 0.545 e. The van der Waals surface area contributed by atoms with Crippen molar-refractivity contribution in [2.45, 2.75) is 98.3 Å². The van der Waals surface area contributed by atoms with Crippen molar-refractivity contribution < 1.29 is 19.8 Å². The molecule has 0 heterocycles. The molecule has 0 rings (SSSR count). The second-order valence-corrected chi connectivity index (χ2v) is 6.73. The molecule has 0 amide bonds. The molecule has 0 aliphatic heterocycles. The number of carbonyl (C=O) groups excluding carboxylic acids is 2. The van der Waals surface area contributed by atoms with Gasteiger partial charge in [-0.05, 0) is 42.7 Å². The molecule has 0 fully saturated rings. The maximum Gasteiger partial charge on any atom is 0.0671 e. The fourth-order valence-corrected chi connectivity index (χ4v) is 2.59. The van der Waals surface area contributed by atoms with E-state index in [2.05, 4.69) is 27.4 Å². The van der Waals surface area contributed by atoms with Gasteiger partial charge in [-0.3, -0.25) is 0 Å². The van der Waals surface area contributed by atoms with Crippen LogP contribution >= 0.6 is 0 Å². The van der Waals surface area contributed by atoms with E-state index >= 15 is 0 Å². The first kappa shape index (κ1) is 26.6. The molecule has 0 N–H and O–H groups in total. The lowest BCUT2D eigenvalue weighted by Gasteiger charge is -2.16. The highest BCUT2D eigenvalue weighted by atomic mass is 16.4. The summed E-state index contributed by atoms with van der Waals surface area (Å²) in [5, 5.41) is 20.9. The molecule has 152 valence electrons. The maximum atomic E-state index is 10.5. The molecule has 4 nitrogen and oxygen atoms in total. The highest BCUT2D eigenvalue weighted by molar-refractivity contribution is 5.84. The Morgan fingerprint density at radius 3 is 1.96 bits per heavy atom. The van der Waals surface area contributed by atoms with Gasteiger partial charge < -0.3 is 19.8 Å². The van der Waals surface area contributed by atoms with E-state index in [1.807, 2.05) is 6.92 Å². The van der Waals surface area contributed by atoms with Gasteiger partial charge in [0.15, 0.2) is 0 Å². The average molecular weight is 367 g/mol. The van der Waals surface area contributed by atoms with Crippen LogP contribution in [0.2, 0.25) is 0 Å². The summed E-state index contributed by atoms with van der Waals surface area (Å²) in [4.78, 5) is 20.9. The molecular weight excluding hydrogens is 328 g/mol. The molecule has 26 heavy (non-hydrogen) atoms. The Morgan fingerprint density at radius 1 is 0.923 bits per heavy atom. The van der Waals surface area contributed by atoms with E-state index in [1.54, 1.807) is 6.08 Å². The number of hydrogen-bond acceptors (Lipinski definition) is 4. The zero-order valence-corrected chi connectivity index (χ0v) is 17.3. The molecule has 0 spiro atoms. The van der Waals surface area contributed by atoms with E-state index in [0.717, 1.165) is 32.1 Å². The Hall–Kier alpha value is -1.58. The first-order chi connectivity index (χ1) is 12.3. The van der Waals surface area contributed by atoms with Crippen LogP contribution in [0.5, 0.6) is 0 Å². The van der Waals surface area contributed by atoms with Crippen molar-refractivity contribution in [2.75, 3.05) is 0 Å². The molecule has 0 aromatic carbocycles. The standard InChI is InChI=1S/2C11H20O2/c1-4-6-7-10(5-2)8-9(3)11(12)13;1-3-5-6-7-8-9-10(4-2)11(12)13/h10H,3-8H2,1-2H3,(H,12,13);9H,3-8H2,1-2H3,(H,12,13)/p-2/b;10-9-. The number of carboxylic acids is 2. The lowest BCUT2D eigenvalue weighted by Crippen LogP contribution is -2.25. The van der Waals surface area contributed by atoms with Crippen LogP contribution < -0.4 is 10.2 Å². The Kier molecular flexibility index (Phi) is 18.7. The number of aliphatic carboxylic acids is 2. The van der Waals surface area contributed by atoms with Gasteiger partial charge in [-0.1, -0.05) is 85.3 Å². The first-order valence-corrected chi connectivity index (χ1v) is 10.1. The summed E-state index contributed by atoms with van der Waals surface area (Å²) < 4.78 is 0. The molecule has 0 aliphatic carbocycles. The third kappa shape index (κ3) is 15.9. The van der Waals surface area contributed by atoms with Gasteiger partial charge in [0.25, 0.3) is 0 Å². The average Bonchev–Trinajstić information content (AvgIpc) is 2.61. The smallest absolute Gasteiger partial charge is 0.0671 e. The highest BCUT2D eigenvalue weighted by Crippen LogP contribution is 2.19. The summed E-state index contributed by atoms with van der Waals surface area (Å²) in [6.45, 7) is 11.7. The number of allylic oxidation sites excluding steroid dienone is 1. The van der Waals surface area contributed by atoms with Gasteiger partial charge in [0.05, 0.1) is 11.9 Å². The summed E-state index contributed by atoms with van der Waals surface area (Å²) in [7, 11) is 0. The van der Waals surface area contributed by atoms with Crippen molar-refractivity contribution in [1.29, 1.82) is 0 Å². The molecule has 0 aromatic rings. The van der Waals surface area contributed by atoms with Gasteiger partial charge in [0.1, 0.15) is 0 Å². The molecule has 0 saturated heterocycles. The summed E-state index contributed by atoms with van der Waals surface area (Å²) in [5.41, 5.74) is 0.680. The van der Waals surface area contributed by atoms with Crippen LogP contribution in [0.4, 0.5) is 0 Å². The first-order valence-electron chi connectivity index (χ1n) is 10.1. The van der Waals surface area contributed by atoms with E-state index in [9.17, 15) is 19.8 Å². The summed E-state index contributed by atoms with van der Waals surface area (Å²) in [5.74, 6) is -1.65. The number of rotatable bonds is 14. The van der Waals surface area contributed by atoms with Crippen molar-refractivity contribution in [3.05, 3.63) is 23.8 Å². The molecule has 4 heteroatoms. The fourth-order valence-electron chi connectivity index (χ4n) is 2.59. The number of carboxylic acid groups (broad SMARTS) is 2. The molecule has 1 atom stereocenters. The summed E-state index contributed by atoms with van der Waals surface area (Å²) in [6, 6.07) is 0. The van der Waals surface area contributed by atoms with Crippen molar-refractivity contribution in [2.24, 2.45) is 5.92 Å². The van der Waals surface area contributed by atoms with Crippen molar-refractivity contribution >= 4 is 11.9 Å². The second-order valence-electron chi connectivity index (χ2n) is 6.73. The van der Waals surface area contributed by atoms with Crippen molar-refractivity contribution in [1.82, 2.24) is 0 Å². The topological polar surface area (TPSA) is 80.3 Å². The minimum Gasteiger partial charge on any atom is -0.545 e. The van der Waals surface area contributed by atoms with Crippen molar-refractivity contribution in [3.8, 4) is 0 Å². The van der Waals surface area contributed by atoms with Gasteiger partial charge >= 0.3 is 0 Å². The van der Waals surface area contributed by atoms with Crippen LogP contribution in [0.3, 0.4) is 0 Å². The van der Waals surface area contributed by atoms with Crippen LogP contribution in [-0.4, -0.2) is 11.9 Å². The SMILES string of the molecule is C=C(CC(CC)CCCC)C(=O)[O-].CCCCCC/C=C(/CC)C(=O)[O-]. The monoisotopic (exact) mass is 366 g/mol. The second kappa shape index (κ2) is 18.2. The Morgan fingerprint density at radius 2 is 1.54 bits per heavy atom. The number of unbranched alkanes of at least 4 members (excludes halogenated alkanes) is 5. The van der Waals surface area contributed by atoms with E-state index in [-0.39, 0.29) is 5.57 Å². The van der Waals surface area contributed by atoms with E-state index in [4.69, 9.17) is 0 Å². The normalized spacial score (nSPS) is 12.1. The van der Waals surface area contributed by atoms with Crippen LogP contribution in [-0.2, 0) is 9.59 Å². The van der Waals surface area contributed by atoms with Gasteiger partial charge in [-0.15, -0.1) is 0 Å². The van der Waals surface area contributed by atoms with Gasteiger partial charge in [0.2, 0.25) is 0 Å². The van der Waals surface area contributed by atoms with Crippen LogP contribution in [0.25, 0.3) is 0 Å². The fraction of sp³-hybridized carbons (Fsp3) is 0.727. The van der Waals surface area contributed by atoms with Gasteiger partial charge in [-0.25, -0.2) is 0 Å². The zero-order valence-electron chi connectivity index (χ0n) is 17.3. The van der Waals surface area contributed by atoms with E-state index in [1.165, 1.54) is 25.7 Å². The van der Waals surface area contributed by atoms with E-state index in [0.29, 0.717) is 24.3 Å². The third-order valence-electron chi connectivity index (χ3n) is 4.46. The summed E-state index contributed by atoms with van der Waals surface area (Å²) >= 11 is 0. The van der Waals surface area contributed by atoms with Crippen LogP contribution in [0.15, 0.2) is 23.8 Å². The number of hydrogen-bond donors (Lipinski definition) is 0. The lowest BCUT2D eigenvalue weighted by atomic mass is 9.92. The Labute approximate surface area is 160 Å². The molecule has 0 bridgehead atoms. The maximum absolute atomic E-state index is 10.5. The summed E-state index contributed by atoms with van der Waals surface area (Å²) in [6.07, 6.45) is 13.0. The van der Waals surface area contributed by atoms with E-state index < -0.39 is 11.9 Å². The minimum atomic E-state index is -1.10. The highest BCUT2D eigenvalue weighted by Gasteiger charge is 2.07. The molecule has 0 aliphatic rings. The van der Waals surface area contributed by atoms with Gasteiger partial charge in [0, 0.05) is 0 Å². The zero-order chi connectivity index (χ0) is 20.4. The molecule has 1 unspecified atom stereocenters. The quantitative estimate of drug-likeness (QED) is 0.344. The number of carbonyl (C=O) groups is 2. The molecule has 0 radical (unpaired) electrons. The lowest BCUT2D eigenvalue weighted by molar-refractivity contribution is -0.300. The van der Waals surface area contributed by atoms with Crippen molar-refractivity contribution in [3.63, 3.8) is 0 Å².